The average molecular weight is 408 g/mol. The van der Waals surface area contributed by atoms with Crippen LogP contribution in [0.4, 0.5) is 0 Å². The highest BCUT2D eigenvalue weighted by molar-refractivity contribution is 5.76. The standard InChI is InChI=1S/C24H29N3O3/c1-18(2)17-27(23(28)13-12-19-8-5-4-6-9-19)15-14-22-25-24(26-30-22)20-10-7-11-21(16-20)29-3/h4-11,16,18H,12-15,17H2,1-3H3. The Hall–Kier alpha value is -3.15. The summed E-state index contributed by atoms with van der Waals surface area (Å²) in [4.78, 5) is 19.2. The Morgan fingerprint density at radius 2 is 1.90 bits per heavy atom. The molecule has 0 bridgehead atoms. The van der Waals surface area contributed by atoms with E-state index in [9.17, 15) is 4.79 Å². The van der Waals surface area contributed by atoms with E-state index in [2.05, 4.69) is 36.1 Å². The van der Waals surface area contributed by atoms with Gasteiger partial charge in [-0.2, -0.15) is 4.98 Å². The van der Waals surface area contributed by atoms with Crippen LogP contribution in [0.15, 0.2) is 59.1 Å². The van der Waals surface area contributed by atoms with Crippen LogP contribution in [-0.2, 0) is 17.6 Å². The van der Waals surface area contributed by atoms with Gasteiger partial charge in [0.25, 0.3) is 0 Å². The molecule has 1 aromatic heterocycles. The lowest BCUT2D eigenvalue weighted by Gasteiger charge is -2.24. The number of amides is 1. The Morgan fingerprint density at radius 1 is 1.10 bits per heavy atom. The molecular formula is C24H29N3O3. The van der Waals surface area contributed by atoms with Crippen molar-refractivity contribution in [2.24, 2.45) is 5.92 Å². The van der Waals surface area contributed by atoms with Crippen molar-refractivity contribution in [2.45, 2.75) is 33.1 Å². The van der Waals surface area contributed by atoms with Gasteiger partial charge in [-0.25, -0.2) is 0 Å². The average Bonchev–Trinajstić information content (AvgIpc) is 3.24. The highest BCUT2D eigenvalue weighted by Crippen LogP contribution is 2.21. The summed E-state index contributed by atoms with van der Waals surface area (Å²) in [6, 6.07) is 17.6. The smallest absolute Gasteiger partial charge is 0.228 e. The SMILES string of the molecule is COc1cccc(-c2noc(CCN(CC(C)C)C(=O)CCc3ccccc3)n2)c1. The topological polar surface area (TPSA) is 68.5 Å². The predicted octanol–water partition coefficient (Wildman–Crippen LogP) is 4.41. The Kier molecular flexibility index (Phi) is 7.60. The van der Waals surface area contributed by atoms with Crippen molar-refractivity contribution in [1.82, 2.24) is 15.0 Å². The van der Waals surface area contributed by atoms with Gasteiger partial charge in [-0.1, -0.05) is 61.5 Å². The molecule has 30 heavy (non-hydrogen) atoms. The molecule has 6 heteroatoms. The van der Waals surface area contributed by atoms with E-state index in [0.717, 1.165) is 17.7 Å². The zero-order chi connectivity index (χ0) is 21.3. The number of benzene rings is 2. The third-order valence-corrected chi connectivity index (χ3v) is 4.80. The third-order valence-electron chi connectivity index (χ3n) is 4.80. The van der Waals surface area contributed by atoms with Crippen molar-refractivity contribution in [3.63, 3.8) is 0 Å². The highest BCUT2D eigenvalue weighted by atomic mass is 16.5. The van der Waals surface area contributed by atoms with Crippen LogP contribution in [0.2, 0.25) is 0 Å². The zero-order valence-electron chi connectivity index (χ0n) is 17.9. The molecule has 0 spiro atoms. The van der Waals surface area contributed by atoms with E-state index in [-0.39, 0.29) is 5.91 Å². The molecule has 0 radical (unpaired) electrons. The summed E-state index contributed by atoms with van der Waals surface area (Å²) in [5.74, 6) is 2.33. The third kappa shape index (κ3) is 6.17. The van der Waals surface area contributed by atoms with Crippen LogP contribution in [0.1, 0.15) is 31.7 Å². The van der Waals surface area contributed by atoms with Crippen LogP contribution in [0, 0.1) is 5.92 Å². The van der Waals surface area contributed by atoms with Gasteiger partial charge in [0.05, 0.1) is 7.11 Å². The first-order valence-electron chi connectivity index (χ1n) is 10.3. The lowest BCUT2D eigenvalue weighted by atomic mass is 10.1. The Balaban J connectivity index is 1.60. The molecule has 3 aromatic rings. The van der Waals surface area contributed by atoms with Gasteiger partial charge in [-0.15, -0.1) is 0 Å². The summed E-state index contributed by atoms with van der Waals surface area (Å²) < 4.78 is 10.7. The zero-order valence-corrected chi connectivity index (χ0v) is 17.9. The number of aryl methyl sites for hydroxylation is 1. The minimum atomic E-state index is 0.153. The van der Waals surface area contributed by atoms with Crippen molar-refractivity contribution in [3.05, 3.63) is 66.1 Å². The summed E-state index contributed by atoms with van der Waals surface area (Å²) in [7, 11) is 1.62. The molecule has 0 unspecified atom stereocenters. The fourth-order valence-electron chi connectivity index (χ4n) is 3.28. The number of carbonyl (C=O) groups is 1. The number of ether oxygens (including phenoxy) is 1. The van der Waals surface area contributed by atoms with E-state index in [1.165, 1.54) is 5.56 Å². The Labute approximate surface area is 177 Å². The minimum Gasteiger partial charge on any atom is -0.497 e. The second-order valence-electron chi connectivity index (χ2n) is 7.71. The lowest BCUT2D eigenvalue weighted by molar-refractivity contribution is -0.131. The molecule has 0 aliphatic rings. The summed E-state index contributed by atoms with van der Waals surface area (Å²) in [5, 5.41) is 4.08. The van der Waals surface area contributed by atoms with E-state index in [4.69, 9.17) is 9.26 Å². The highest BCUT2D eigenvalue weighted by Gasteiger charge is 2.17. The van der Waals surface area contributed by atoms with Crippen LogP contribution in [0.5, 0.6) is 5.75 Å². The second kappa shape index (κ2) is 10.6. The first-order valence-corrected chi connectivity index (χ1v) is 10.3. The lowest BCUT2D eigenvalue weighted by Crippen LogP contribution is -2.36. The number of hydrogen-bond donors (Lipinski definition) is 0. The minimum absolute atomic E-state index is 0.153. The van der Waals surface area contributed by atoms with E-state index < -0.39 is 0 Å². The molecule has 3 rings (SSSR count). The van der Waals surface area contributed by atoms with Crippen LogP contribution < -0.4 is 4.74 Å². The Bertz CT molecular complexity index is 938. The first kappa shape index (κ1) is 21.6. The largest absolute Gasteiger partial charge is 0.497 e. The number of aromatic nitrogens is 2. The summed E-state index contributed by atoms with van der Waals surface area (Å²) in [6.45, 7) is 5.51. The molecule has 0 saturated carbocycles. The summed E-state index contributed by atoms with van der Waals surface area (Å²) in [5.41, 5.74) is 2.01. The quantitative estimate of drug-likeness (QED) is 0.498. The molecule has 1 amide bonds. The molecule has 0 aliphatic heterocycles. The molecule has 6 nitrogen and oxygen atoms in total. The first-order chi connectivity index (χ1) is 14.5. The molecule has 2 aromatic carbocycles. The van der Waals surface area contributed by atoms with Gasteiger partial charge in [0.15, 0.2) is 0 Å². The van der Waals surface area contributed by atoms with Gasteiger partial charge >= 0.3 is 0 Å². The van der Waals surface area contributed by atoms with E-state index >= 15 is 0 Å². The molecule has 0 saturated heterocycles. The van der Waals surface area contributed by atoms with Crippen molar-refractivity contribution in [3.8, 4) is 17.1 Å². The Morgan fingerprint density at radius 3 is 2.63 bits per heavy atom. The molecule has 0 fully saturated rings. The van der Waals surface area contributed by atoms with E-state index in [1.54, 1.807) is 7.11 Å². The molecule has 158 valence electrons. The summed E-state index contributed by atoms with van der Waals surface area (Å²) in [6.07, 6.45) is 1.77. The van der Waals surface area contributed by atoms with Crippen molar-refractivity contribution in [2.75, 3.05) is 20.2 Å². The van der Waals surface area contributed by atoms with Crippen molar-refractivity contribution >= 4 is 5.91 Å². The number of rotatable bonds is 10. The van der Waals surface area contributed by atoms with Gasteiger partial charge in [-0.3, -0.25) is 4.79 Å². The maximum Gasteiger partial charge on any atom is 0.228 e. The molecule has 0 N–H and O–H groups in total. The van der Waals surface area contributed by atoms with Gasteiger partial charge < -0.3 is 14.2 Å². The van der Waals surface area contributed by atoms with Gasteiger partial charge in [0.2, 0.25) is 17.6 Å². The van der Waals surface area contributed by atoms with Gasteiger partial charge in [-0.05, 0) is 30.0 Å². The molecular weight excluding hydrogens is 378 g/mol. The molecule has 1 heterocycles. The van der Waals surface area contributed by atoms with Crippen LogP contribution in [0.3, 0.4) is 0 Å². The number of hydrogen-bond acceptors (Lipinski definition) is 5. The molecule has 0 aliphatic carbocycles. The number of nitrogens with zero attached hydrogens (tertiary/aromatic N) is 3. The predicted molar refractivity (Wildman–Crippen MR) is 116 cm³/mol. The monoisotopic (exact) mass is 407 g/mol. The fraction of sp³-hybridized carbons (Fsp3) is 0.375. The second-order valence-corrected chi connectivity index (χ2v) is 7.71. The fourth-order valence-corrected chi connectivity index (χ4v) is 3.28. The number of carbonyl (C=O) groups excluding carboxylic acids is 1. The van der Waals surface area contributed by atoms with Crippen LogP contribution >= 0.6 is 0 Å². The maximum atomic E-state index is 12.8. The normalized spacial score (nSPS) is 10.9. The number of methoxy groups -OCH3 is 1. The molecule has 0 atom stereocenters. The van der Waals surface area contributed by atoms with E-state index in [1.807, 2.05) is 47.4 Å². The summed E-state index contributed by atoms with van der Waals surface area (Å²) >= 11 is 0. The van der Waals surface area contributed by atoms with Crippen molar-refractivity contribution < 1.29 is 14.1 Å². The van der Waals surface area contributed by atoms with Crippen LogP contribution in [0.25, 0.3) is 11.4 Å². The van der Waals surface area contributed by atoms with Gasteiger partial charge in [0, 0.05) is 31.5 Å². The van der Waals surface area contributed by atoms with Crippen LogP contribution in [-0.4, -0.2) is 41.1 Å². The van der Waals surface area contributed by atoms with Crippen molar-refractivity contribution in [1.29, 1.82) is 0 Å². The van der Waals surface area contributed by atoms with Gasteiger partial charge in [0.1, 0.15) is 5.75 Å². The van der Waals surface area contributed by atoms with E-state index in [0.29, 0.717) is 43.6 Å². The maximum absolute atomic E-state index is 12.8.